The topological polar surface area (TPSA) is 79.1 Å². The van der Waals surface area contributed by atoms with Gasteiger partial charge in [-0.1, -0.05) is 30.3 Å². The summed E-state index contributed by atoms with van der Waals surface area (Å²) in [6.07, 6.45) is 5.29. The quantitative estimate of drug-likeness (QED) is 0.766. The number of phenolic OH excluding ortho intramolecular Hbond substituents is 1. The molecule has 2 aromatic carbocycles. The molecule has 0 aliphatic rings. The molecule has 124 valence electrons. The summed E-state index contributed by atoms with van der Waals surface area (Å²) in [5.41, 5.74) is 1.77. The lowest BCUT2D eigenvalue weighted by molar-refractivity contribution is -0.138. The van der Waals surface area contributed by atoms with Crippen molar-refractivity contribution in [1.82, 2.24) is 0 Å². The third-order valence-corrected chi connectivity index (χ3v) is 3.41. The number of allylic oxidation sites excluding steroid dienone is 1. The molecule has 0 radical (unpaired) electrons. The van der Waals surface area contributed by atoms with Gasteiger partial charge >= 0.3 is 5.97 Å². The fraction of sp³-hybridized carbons (Fsp3) is 0.158. The molecule has 0 aromatic heterocycles. The van der Waals surface area contributed by atoms with Gasteiger partial charge in [-0.15, -0.1) is 0 Å². The Morgan fingerprint density at radius 1 is 1.17 bits per heavy atom. The van der Waals surface area contributed by atoms with E-state index < -0.39 is 12.0 Å². The number of carboxylic acid groups (broad SMARTS) is 1. The zero-order valence-electron chi connectivity index (χ0n) is 13.3. The Kier molecular flexibility index (Phi) is 6.14. The second-order valence-electron chi connectivity index (χ2n) is 5.16. The number of aliphatic imine (C=N–C) groups is 1. The first kappa shape index (κ1) is 17.3. The van der Waals surface area contributed by atoms with Gasteiger partial charge in [0.05, 0.1) is 7.11 Å². The van der Waals surface area contributed by atoms with Crippen LogP contribution in [0.4, 0.5) is 0 Å². The predicted octanol–water partition coefficient (Wildman–Crippen LogP) is 3.18. The fourth-order valence-electron chi connectivity index (χ4n) is 2.08. The minimum Gasteiger partial charge on any atom is -0.508 e. The average Bonchev–Trinajstić information content (AvgIpc) is 2.59. The van der Waals surface area contributed by atoms with Gasteiger partial charge in [0, 0.05) is 12.6 Å². The second-order valence-corrected chi connectivity index (χ2v) is 5.16. The van der Waals surface area contributed by atoms with Gasteiger partial charge in [0.2, 0.25) is 0 Å². The van der Waals surface area contributed by atoms with Crippen molar-refractivity contribution in [3.63, 3.8) is 0 Å². The molecular formula is C19H19NO4. The zero-order valence-corrected chi connectivity index (χ0v) is 13.3. The van der Waals surface area contributed by atoms with Crippen molar-refractivity contribution in [2.24, 2.45) is 4.99 Å². The van der Waals surface area contributed by atoms with E-state index in [4.69, 9.17) is 4.74 Å². The highest BCUT2D eigenvalue weighted by molar-refractivity contribution is 5.82. The summed E-state index contributed by atoms with van der Waals surface area (Å²) in [5.74, 6) is -0.0608. The van der Waals surface area contributed by atoms with E-state index >= 15 is 0 Å². The lowest BCUT2D eigenvalue weighted by Gasteiger charge is -2.07. The van der Waals surface area contributed by atoms with Gasteiger partial charge in [0.25, 0.3) is 0 Å². The minimum absolute atomic E-state index is 0.150. The molecule has 5 heteroatoms. The maximum atomic E-state index is 11.3. The minimum atomic E-state index is -0.989. The molecule has 0 amide bonds. The van der Waals surface area contributed by atoms with E-state index in [2.05, 4.69) is 4.99 Å². The number of aromatic hydroxyl groups is 1. The molecule has 0 fully saturated rings. The summed E-state index contributed by atoms with van der Waals surface area (Å²) in [7, 11) is 1.61. The van der Waals surface area contributed by atoms with Gasteiger partial charge in [-0.05, 0) is 41.5 Å². The highest BCUT2D eigenvalue weighted by Crippen LogP contribution is 2.13. The first-order valence-electron chi connectivity index (χ1n) is 7.43. The van der Waals surface area contributed by atoms with E-state index in [1.165, 1.54) is 18.3 Å². The first-order valence-corrected chi connectivity index (χ1v) is 7.43. The number of ether oxygens (including phenoxy) is 1. The van der Waals surface area contributed by atoms with Crippen molar-refractivity contribution in [3.8, 4) is 11.5 Å². The van der Waals surface area contributed by atoms with Gasteiger partial charge in [-0.25, -0.2) is 4.79 Å². The number of carboxylic acids is 1. The summed E-state index contributed by atoms with van der Waals surface area (Å²) < 4.78 is 5.09. The van der Waals surface area contributed by atoms with E-state index in [-0.39, 0.29) is 12.2 Å². The van der Waals surface area contributed by atoms with Crippen LogP contribution in [0.1, 0.15) is 11.1 Å². The normalized spacial score (nSPS) is 12.5. The fourth-order valence-corrected chi connectivity index (χ4v) is 2.08. The average molecular weight is 325 g/mol. The lowest BCUT2D eigenvalue weighted by Crippen LogP contribution is -2.20. The molecule has 0 saturated carbocycles. The van der Waals surface area contributed by atoms with Gasteiger partial charge in [-0.2, -0.15) is 0 Å². The largest absolute Gasteiger partial charge is 0.508 e. The Balaban J connectivity index is 1.98. The molecule has 24 heavy (non-hydrogen) atoms. The number of phenols is 1. The van der Waals surface area contributed by atoms with Crippen LogP contribution in [0, 0.1) is 0 Å². The maximum absolute atomic E-state index is 11.3. The van der Waals surface area contributed by atoms with E-state index in [1.54, 1.807) is 25.3 Å². The molecule has 2 N–H and O–H groups in total. The first-order chi connectivity index (χ1) is 11.6. The van der Waals surface area contributed by atoms with Crippen LogP contribution in [0.3, 0.4) is 0 Å². The Morgan fingerprint density at radius 3 is 2.42 bits per heavy atom. The number of methoxy groups -OCH3 is 1. The monoisotopic (exact) mass is 325 g/mol. The molecule has 1 atom stereocenters. The molecule has 0 heterocycles. The van der Waals surface area contributed by atoms with Gasteiger partial charge < -0.3 is 14.9 Å². The molecule has 5 nitrogen and oxygen atoms in total. The number of hydrogen-bond donors (Lipinski definition) is 2. The molecule has 2 rings (SSSR count). The van der Waals surface area contributed by atoms with Crippen LogP contribution in [-0.4, -0.2) is 35.5 Å². The molecular weight excluding hydrogens is 306 g/mol. The van der Waals surface area contributed by atoms with Crippen molar-refractivity contribution >= 4 is 18.3 Å². The SMILES string of the molecule is COc1ccc(/C=C/C=N[C@@H](Cc2ccc(O)cc2)C(=O)O)cc1. The molecule has 0 bridgehead atoms. The van der Waals surface area contributed by atoms with Crippen LogP contribution in [0.25, 0.3) is 6.08 Å². The van der Waals surface area contributed by atoms with Crippen molar-refractivity contribution in [1.29, 1.82) is 0 Å². The number of aliphatic carboxylic acids is 1. The highest BCUT2D eigenvalue weighted by atomic mass is 16.5. The van der Waals surface area contributed by atoms with Crippen LogP contribution in [-0.2, 0) is 11.2 Å². The summed E-state index contributed by atoms with van der Waals surface area (Å²) in [4.78, 5) is 15.4. The van der Waals surface area contributed by atoms with Gasteiger partial charge in [0.1, 0.15) is 11.5 Å². The second kappa shape index (κ2) is 8.53. The molecule has 0 aliphatic carbocycles. The Bertz CT molecular complexity index is 718. The number of benzene rings is 2. The van der Waals surface area contributed by atoms with E-state index in [0.717, 1.165) is 16.9 Å². The number of nitrogens with zero attached hydrogens (tertiary/aromatic N) is 1. The highest BCUT2D eigenvalue weighted by Gasteiger charge is 2.15. The van der Waals surface area contributed by atoms with Crippen LogP contribution < -0.4 is 4.74 Å². The summed E-state index contributed by atoms with van der Waals surface area (Å²) >= 11 is 0. The molecule has 2 aromatic rings. The van der Waals surface area contributed by atoms with Gasteiger partial charge in [-0.3, -0.25) is 4.99 Å². The standard InChI is InChI=1S/C19H19NO4/c1-24-17-10-6-14(7-11-17)3-2-12-20-18(19(22)23)13-15-4-8-16(21)9-5-15/h2-12,18,21H,13H2,1H3,(H,22,23)/b3-2+,20-12?/t18-/m0/s1. The molecule has 0 aliphatic heterocycles. The molecule has 0 spiro atoms. The van der Waals surface area contributed by atoms with Crippen molar-refractivity contribution in [3.05, 3.63) is 65.7 Å². The number of carbonyl (C=O) groups is 1. The Hall–Kier alpha value is -3.08. The lowest BCUT2D eigenvalue weighted by atomic mass is 10.1. The summed E-state index contributed by atoms with van der Waals surface area (Å²) in [5, 5.41) is 18.5. The van der Waals surface area contributed by atoms with Crippen LogP contribution in [0.15, 0.2) is 59.6 Å². The summed E-state index contributed by atoms with van der Waals surface area (Å²) in [6, 6.07) is 13.1. The smallest absolute Gasteiger partial charge is 0.328 e. The van der Waals surface area contributed by atoms with Crippen LogP contribution in [0.2, 0.25) is 0 Å². The van der Waals surface area contributed by atoms with E-state index in [9.17, 15) is 15.0 Å². The predicted molar refractivity (Wildman–Crippen MR) is 93.8 cm³/mol. The maximum Gasteiger partial charge on any atom is 0.328 e. The summed E-state index contributed by atoms with van der Waals surface area (Å²) in [6.45, 7) is 0. The van der Waals surface area contributed by atoms with Crippen molar-refractivity contribution < 1.29 is 19.7 Å². The van der Waals surface area contributed by atoms with Gasteiger partial charge in [0.15, 0.2) is 6.04 Å². The van der Waals surface area contributed by atoms with Crippen LogP contribution >= 0.6 is 0 Å². The number of hydrogen-bond acceptors (Lipinski definition) is 4. The van der Waals surface area contributed by atoms with Crippen LogP contribution in [0.5, 0.6) is 11.5 Å². The van der Waals surface area contributed by atoms with Crippen molar-refractivity contribution in [2.75, 3.05) is 7.11 Å². The van der Waals surface area contributed by atoms with E-state index in [1.807, 2.05) is 30.3 Å². The Morgan fingerprint density at radius 2 is 1.83 bits per heavy atom. The number of rotatable bonds is 7. The third-order valence-electron chi connectivity index (χ3n) is 3.41. The van der Waals surface area contributed by atoms with E-state index in [0.29, 0.717) is 0 Å². The molecule has 0 saturated heterocycles. The van der Waals surface area contributed by atoms with Crippen molar-refractivity contribution in [2.45, 2.75) is 12.5 Å². The molecule has 0 unspecified atom stereocenters. The Labute approximate surface area is 140 Å². The third kappa shape index (κ3) is 5.28. The zero-order chi connectivity index (χ0) is 17.4.